The van der Waals surface area contributed by atoms with E-state index >= 15 is 0 Å². The van der Waals surface area contributed by atoms with Gasteiger partial charge in [0, 0.05) is 17.8 Å². The molecule has 0 unspecified atom stereocenters. The fraction of sp³-hybridized carbons (Fsp3) is 0.105. The molecule has 27 heavy (non-hydrogen) atoms. The van der Waals surface area contributed by atoms with Crippen LogP contribution in [0.3, 0.4) is 0 Å². The van der Waals surface area contributed by atoms with Crippen molar-refractivity contribution in [3.05, 3.63) is 83.0 Å². The van der Waals surface area contributed by atoms with Gasteiger partial charge in [-0.1, -0.05) is 18.2 Å². The van der Waals surface area contributed by atoms with Crippen LogP contribution in [0.4, 0.5) is 10.1 Å². The predicted molar refractivity (Wildman–Crippen MR) is 104 cm³/mol. The van der Waals surface area contributed by atoms with Gasteiger partial charge in [0.1, 0.15) is 10.0 Å². The number of nitrogens with one attached hydrogen (secondary N) is 2. The topological polar surface area (TPSA) is 75.3 Å². The summed E-state index contributed by atoms with van der Waals surface area (Å²) in [5.74, 6) is -0.585. The summed E-state index contributed by atoms with van der Waals surface area (Å²) in [5, 5.41) is 4.44. The van der Waals surface area contributed by atoms with Gasteiger partial charge >= 0.3 is 0 Å². The minimum Gasteiger partial charge on any atom is -0.352 e. The number of carbonyl (C=O) groups excluding carboxylic acids is 1. The molecule has 0 atom stereocenters. The van der Waals surface area contributed by atoms with Crippen molar-refractivity contribution in [1.82, 2.24) is 5.32 Å². The molecule has 0 saturated heterocycles. The second-order valence-electron chi connectivity index (χ2n) is 5.75. The fourth-order valence-electron chi connectivity index (χ4n) is 2.43. The van der Waals surface area contributed by atoms with E-state index in [1.54, 1.807) is 35.7 Å². The zero-order valence-electron chi connectivity index (χ0n) is 14.2. The van der Waals surface area contributed by atoms with E-state index in [4.69, 9.17) is 0 Å². The molecule has 0 aliphatic heterocycles. The summed E-state index contributed by atoms with van der Waals surface area (Å²) in [6.07, 6.45) is 0.516. The first-order valence-corrected chi connectivity index (χ1v) is 10.5. The first-order chi connectivity index (χ1) is 12.9. The first-order valence-electron chi connectivity index (χ1n) is 8.13. The summed E-state index contributed by atoms with van der Waals surface area (Å²) in [6.45, 7) is 0.370. The normalized spacial score (nSPS) is 11.1. The maximum Gasteiger partial charge on any atom is 0.271 e. The molecule has 2 aromatic carbocycles. The van der Waals surface area contributed by atoms with Crippen molar-refractivity contribution in [2.45, 2.75) is 10.6 Å². The van der Waals surface area contributed by atoms with Crippen LogP contribution in [0.15, 0.2) is 70.3 Å². The average molecular weight is 404 g/mol. The summed E-state index contributed by atoms with van der Waals surface area (Å²) < 4.78 is 40.2. The Balaban J connectivity index is 1.56. The van der Waals surface area contributed by atoms with Crippen LogP contribution in [0.25, 0.3) is 0 Å². The minimum atomic E-state index is -3.61. The van der Waals surface area contributed by atoms with Crippen LogP contribution in [0.1, 0.15) is 15.9 Å². The van der Waals surface area contributed by atoms with Gasteiger partial charge in [-0.15, -0.1) is 11.3 Å². The Bertz CT molecular complexity index is 1020. The predicted octanol–water partition coefficient (Wildman–Crippen LogP) is 3.66. The highest BCUT2D eigenvalue weighted by Gasteiger charge is 2.15. The molecule has 0 saturated carbocycles. The highest BCUT2D eigenvalue weighted by molar-refractivity contribution is 7.94. The molecule has 0 spiro atoms. The maximum atomic E-state index is 13.1. The molecule has 0 fully saturated rings. The second kappa shape index (κ2) is 8.32. The van der Waals surface area contributed by atoms with Gasteiger partial charge in [-0.3, -0.25) is 9.52 Å². The molecule has 3 aromatic rings. The van der Waals surface area contributed by atoms with Gasteiger partial charge in [0.25, 0.3) is 15.9 Å². The van der Waals surface area contributed by atoms with Crippen molar-refractivity contribution in [3.8, 4) is 0 Å². The van der Waals surface area contributed by atoms with E-state index in [2.05, 4.69) is 10.0 Å². The Morgan fingerprint density at radius 2 is 1.81 bits per heavy atom. The molecule has 5 nitrogen and oxygen atoms in total. The van der Waals surface area contributed by atoms with E-state index in [0.29, 0.717) is 24.2 Å². The number of hydrogen-bond donors (Lipinski definition) is 2. The Hall–Kier alpha value is -2.71. The third-order valence-corrected chi connectivity index (χ3v) is 6.53. The van der Waals surface area contributed by atoms with Crippen molar-refractivity contribution in [3.63, 3.8) is 0 Å². The number of hydrogen-bond acceptors (Lipinski definition) is 4. The van der Waals surface area contributed by atoms with Crippen LogP contribution in [0.2, 0.25) is 0 Å². The largest absolute Gasteiger partial charge is 0.352 e. The maximum absolute atomic E-state index is 13.1. The molecule has 8 heteroatoms. The lowest BCUT2D eigenvalue weighted by Gasteiger charge is -2.08. The molecule has 3 rings (SSSR count). The number of sulfonamides is 1. The molecule has 0 aliphatic carbocycles. The number of thiophene rings is 1. The van der Waals surface area contributed by atoms with Crippen LogP contribution < -0.4 is 10.0 Å². The molecule has 0 radical (unpaired) electrons. The molecular weight excluding hydrogens is 387 g/mol. The van der Waals surface area contributed by atoms with Gasteiger partial charge in [0.05, 0.1) is 0 Å². The van der Waals surface area contributed by atoms with Crippen LogP contribution in [-0.4, -0.2) is 20.9 Å². The average Bonchev–Trinajstić information content (AvgIpc) is 3.18. The zero-order valence-corrected chi connectivity index (χ0v) is 15.8. The van der Waals surface area contributed by atoms with E-state index < -0.39 is 10.0 Å². The molecule has 1 amide bonds. The lowest BCUT2D eigenvalue weighted by molar-refractivity contribution is 0.0954. The van der Waals surface area contributed by atoms with Crippen LogP contribution >= 0.6 is 11.3 Å². The quantitative estimate of drug-likeness (QED) is 0.631. The van der Waals surface area contributed by atoms with Crippen molar-refractivity contribution >= 4 is 33.0 Å². The molecule has 1 aromatic heterocycles. The van der Waals surface area contributed by atoms with Crippen LogP contribution in [0.5, 0.6) is 0 Å². The number of amides is 1. The number of rotatable bonds is 7. The van der Waals surface area contributed by atoms with Gasteiger partial charge < -0.3 is 5.32 Å². The summed E-state index contributed by atoms with van der Waals surface area (Å²) in [5.41, 5.74) is 1.58. The monoisotopic (exact) mass is 404 g/mol. The smallest absolute Gasteiger partial charge is 0.271 e. The molecule has 140 valence electrons. The lowest BCUT2D eigenvalue weighted by Crippen LogP contribution is -2.25. The van der Waals surface area contributed by atoms with Gasteiger partial charge in [0.2, 0.25) is 0 Å². The van der Waals surface area contributed by atoms with Crippen molar-refractivity contribution in [1.29, 1.82) is 0 Å². The number of carbonyl (C=O) groups is 1. The fourth-order valence-corrected chi connectivity index (χ4v) is 4.48. The number of benzene rings is 2. The molecule has 0 aliphatic rings. The molecule has 0 bridgehead atoms. The third kappa shape index (κ3) is 5.15. The molecule has 2 N–H and O–H groups in total. The van der Waals surface area contributed by atoms with Crippen molar-refractivity contribution < 1.29 is 17.6 Å². The first kappa shape index (κ1) is 19.1. The molecular formula is C19H17FN2O3S2. The van der Waals surface area contributed by atoms with Gasteiger partial charge in [-0.25, -0.2) is 12.8 Å². The Morgan fingerprint density at radius 1 is 1.04 bits per heavy atom. The standard InChI is InChI=1S/C19H17FN2O3S2/c20-16-4-1-3-14(13-16)10-11-21-19(23)15-6-8-17(9-7-15)22-27(24,25)18-5-2-12-26-18/h1-9,12-13,22H,10-11H2,(H,21,23). The Kier molecular flexibility index (Phi) is 5.88. The molecule has 1 heterocycles. The van der Waals surface area contributed by atoms with Gasteiger partial charge in [-0.05, 0) is 59.8 Å². The van der Waals surface area contributed by atoms with Gasteiger partial charge in [-0.2, -0.15) is 0 Å². The Morgan fingerprint density at radius 3 is 2.48 bits per heavy atom. The van der Waals surface area contributed by atoms with Gasteiger partial charge in [0.15, 0.2) is 0 Å². The SMILES string of the molecule is O=C(NCCc1cccc(F)c1)c1ccc(NS(=O)(=O)c2cccs2)cc1. The lowest BCUT2D eigenvalue weighted by atomic mass is 10.1. The summed E-state index contributed by atoms with van der Waals surface area (Å²) in [4.78, 5) is 12.2. The van der Waals surface area contributed by atoms with E-state index in [9.17, 15) is 17.6 Å². The summed E-state index contributed by atoms with van der Waals surface area (Å²) >= 11 is 1.13. The third-order valence-electron chi connectivity index (χ3n) is 3.75. The highest BCUT2D eigenvalue weighted by Crippen LogP contribution is 2.20. The number of halogens is 1. The van der Waals surface area contributed by atoms with Crippen LogP contribution in [0, 0.1) is 5.82 Å². The van der Waals surface area contributed by atoms with E-state index in [-0.39, 0.29) is 15.9 Å². The van der Waals surface area contributed by atoms with Crippen LogP contribution in [-0.2, 0) is 16.4 Å². The summed E-state index contributed by atoms with van der Waals surface area (Å²) in [7, 11) is -3.61. The zero-order chi connectivity index (χ0) is 19.3. The second-order valence-corrected chi connectivity index (χ2v) is 8.61. The minimum absolute atomic E-state index is 0.224. The van der Waals surface area contributed by atoms with E-state index in [1.807, 2.05) is 0 Å². The Labute approximate surface area is 160 Å². The number of anilines is 1. The highest BCUT2D eigenvalue weighted by atomic mass is 32.2. The van der Waals surface area contributed by atoms with Crippen molar-refractivity contribution in [2.24, 2.45) is 0 Å². The summed E-state index contributed by atoms with van der Waals surface area (Å²) in [6, 6.07) is 15.6. The van der Waals surface area contributed by atoms with E-state index in [1.165, 1.54) is 30.3 Å². The van der Waals surface area contributed by atoms with Crippen molar-refractivity contribution in [2.75, 3.05) is 11.3 Å². The van der Waals surface area contributed by atoms with E-state index in [0.717, 1.165) is 16.9 Å².